The van der Waals surface area contributed by atoms with Crippen LogP contribution >= 0.6 is 11.3 Å². The lowest BCUT2D eigenvalue weighted by Gasteiger charge is -2.29. The van der Waals surface area contributed by atoms with E-state index in [1.54, 1.807) is 25.1 Å². The lowest BCUT2D eigenvalue weighted by atomic mass is 9.91. The molecule has 2 amide bonds. The fraction of sp³-hybridized carbons (Fsp3) is 0.423. The highest BCUT2D eigenvalue weighted by Gasteiger charge is 2.43. The number of carbonyl (C=O) groups excluding carboxylic acids is 2. The summed E-state index contributed by atoms with van der Waals surface area (Å²) in [6, 6.07) is 7.75. The SMILES string of the molecule is Cc1cc(C(C(=O)N2C[C@H](O)C[C@H]2C(=O)N[C@@H](C)c2ccc(-c3scnc3C(=O)O)cc2)C(C)C)on1. The highest BCUT2D eigenvalue weighted by Crippen LogP contribution is 2.32. The molecule has 10 nitrogen and oxygen atoms in total. The van der Waals surface area contributed by atoms with Crippen LogP contribution in [0.2, 0.25) is 0 Å². The van der Waals surface area contributed by atoms with Crippen LogP contribution in [0.5, 0.6) is 0 Å². The van der Waals surface area contributed by atoms with Gasteiger partial charge in [-0.2, -0.15) is 0 Å². The van der Waals surface area contributed by atoms with Gasteiger partial charge in [-0.1, -0.05) is 43.3 Å². The molecule has 196 valence electrons. The summed E-state index contributed by atoms with van der Waals surface area (Å²) in [5, 5.41) is 26.5. The van der Waals surface area contributed by atoms with Crippen LogP contribution in [0.25, 0.3) is 10.4 Å². The Morgan fingerprint density at radius 3 is 2.49 bits per heavy atom. The largest absolute Gasteiger partial charge is 0.476 e. The molecule has 1 aliphatic heterocycles. The summed E-state index contributed by atoms with van der Waals surface area (Å²) < 4.78 is 5.37. The van der Waals surface area contributed by atoms with Crippen molar-refractivity contribution in [2.75, 3.05) is 6.54 Å². The molecule has 3 heterocycles. The average Bonchev–Trinajstić information content (AvgIpc) is 3.59. The molecule has 2 aromatic heterocycles. The fourth-order valence-corrected chi connectivity index (χ4v) is 5.46. The summed E-state index contributed by atoms with van der Waals surface area (Å²) in [6.07, 6.45) is -0.659. The minimum Gasteiger partial charge on any atom is -0.476 e. The van der Waals surface area contributed by atoms with Gasteiger partial charge in [-0.3, -0.25) is 9.59 Å². The number of aryl methyl sites for hydroxylation is 1. The maximum atomic E-state index is 13.5. The Morgan fingerprint density at radius 1 is 1.19 bits per heavy atom. The number of carboxylic acid groups (broad SMARTS) is 1. The van der Waals surface area contributed by atoms with Gasteiger partial charge in [0.25, 0.3) is 0 Å². The number of thiazole rings is 1. The molecule has 0 spiro atoms. The van der Waals surface area contributed by atoms with E-state index in [1.807, 2.05) is 32.9 Å². The first-order valence-corrected chi connectivity index (χ1v) is 12.9. The molecule has 0 aliphatic carbocycles. The Morgan fingerprint density at radius 2 is 1.89 bits per heavy atom. The molecule has 11 heteroatoms. The normalized spacial score (nSPS) is 19.1. The molecule has 4 atom stereocenters. The van der Waals surface area contributed by atoms with Gasteiger partial charge in [-0.15, -0.1) is 11.3 Å². The summed E-state index contributed by atoms with van der Waals surface area (Å²) in [6.45, 7) is 7.48. The zero-order valence-corrected chi connectivity index (χ0v) is 21.9. The van der Waals surface area contributed by atoms with E-state index in [4.69, 9.17) is 4.52 Å². The average molecular weight is 527 g/mol. The van der Waals surface area contributed by atoms with E-state index in [2.05, 4.69) is 15.5 Å². The van der Waals surface area contributed by atoms with Crippen molar-refractivity contribution in [2.24, 2.45) is 5.92 Å². The van der Waals surface area contributed by atoms with Crippen molar-refractivity contribution >= 4 is 29.1 Å². The van der Waals surface area contributed by atoms with Crippen LogP contribution in [0.3, 0.4) is 0 Å². The van der Waals surface area contributed by atoms with E-state index >= 15 is 0 Å². The molecular formula is C26H30N4O6S. The van der Waals surface area contributed by atoms with Crippen molar-refractivity contribution in [3.8, 4) is 10.4 Å². The smallest absolute Gasteiger partial charge is 0.356 e. The molecule has 1 aliphatic rings. The first kappa shape index (κ1) is 26.5. The second kappa shape index (κ2) is 10.8. The van der Waals surface area contributed by atoms with E-state index in [0.29, 0.717) is 16.3 Å². The predicted molar refractivity (Wildman–Crippen MR) is 136 cm³/mol. The first-order chi connectivity index (χ1) is 17.6. The number of aromatic nitrogens is 2. The van der Waals surface area contributed by atoms with Gasteiger partial charge in [0.1, 0.15) is 17.7 Å². The van der Waals surface area contributed by atoms with Gasteiger partial charge in [0.05, 0.1) is 28.2 Å². The van der Waals surface area contributed by atoms with Crippen LogP contribution in [0, 0.1) is 12.8 Å². The van der Waals surface area contributed by atoms with Crippen LogP contribution in [-0.4, -0.2) is 61.7 Å². The lowest BCUT2D eigenvalue weighted by Crippen LogP contribution is -2.48. The molecule has 3 aromatic rings. The van der Waals surface area contributed by atoms with Gasteiger partial charge in [0, 0.05) is 19.0 Å². The third kappa shape index (κ3) is 5.57. The van der Waals surface area contributed by atoms with Crippen LogP contribution in [0.4, 0.5) is 0 Å². The molecule has 4 rings (SSSR count). The van der Waals surface area contributed by atoms with E-state index in [9.17, 15) is 24.6 Å². The molecule has 1 unspecified atom stereocenters. The second-order valence-electron chi connectivity index (χ2n) is 9.68. The number of nitrogens with one attached hydrogen (secondary N) is 1. The van der Waals surface area contributed by atoms with Crippen molar-refractivity contribution in [2.45, 2.75) is 58.2 Å². The third-order valence-electron chi connectivity index (χ3n) is 6.55. The number of hydrogen-bond donors (Lipinski definition) is 3. The van der Waals surface area contributed by atoms with Gasteiger partial charge in [-0.05, 0) is 30.9 Å². The Balaban J connectivity index is 1.48. The monoisotopic (exact) mass is 526 g/mol. The van der Waals surface area contributed by atoms with Crippen LogP contribution in [-0.2, 0) is 9.59 Å². The summed E-state index contributed by atoms with van der Waals surface area (Å²) in [5.41, 5.74) is 3.70. The number of rotatable bonds is 8. The fourth-order valence-electron chi connectivity index (χ4n) is 4.67. The number of carbonyl (C=O) groups is 3. The molecule has 0 radical (unpaired) electrons. The van der Waals surface area contributed by atoms with Crippen LogP contribution in [0.1, 0.15) is 66.7 Å². The number of benzene rings is 1. The van der Waals surface area contributed by atoms with Crippen molar-refractivity contribution in [1.29, 1.82) is 0 Å². The molecular weight excluding hydrogens is 496 g/mol. The number of likely N-dealkylation sites (tertiary alicyclic amines) is 1. The predicted octanol–water partition coefficient (Wildman–Crippen LogP) is 3.38. The molecule has 1 aromatic carbocycles. The van der Waals surface area contributed by atoms with Gasteiger partial charge in [0.2, 0.25) is 11.8 Å². The molecule has 1 saturated heterocycles. The van der Waals surface area contributed by atoms with Gasteiger partial charge in [0.15, 0.2) is 5.69 Å². The lowest BCUT2D eigenvalue weighted by molar-refractivity contribution is -0.141. The minimum absolute atomic E-state index is 0.00356. The molecule has 37 heavy (non-hydrogen) atoms. The Bertz CT molecular complexity index is 1280. The molecule has 1 fully saturated rings. The first-order valence-electron chi connectivity index (χ1n) is 12.1. The maximum absolute atomic E-state index is 13.5. The number of nitrogens with zero attached hydrogens (tertiary/aromatic N) is 3. The van der Waals surface area contributed by atoms with Crippen LogP contribution in [0.15, 0.2) is 40.4 Å². The van der Waals surface area contributed by atoms with Gasteiger partial charge < -0.3 is 25.0 Å². The number of aliphatic hydroxyl groups is 1. The van der Waals surface area contributed by atoms with Crippen molar-refractivity contribution in [3.05, 3.63) is 58.6 Å². The number of hydrogen-bond acceptors (Lipinski definition) is 8. The standard InChI is InChI=1S/C26H30N4O6S/c1-13(2)21(20-9-14(3)29-36-20)25(33)30-11-18(31)10-19(30)24(32)28-15(4)16-5-7-17(8-6-16)23-22(26(34)35)27-12-37-23/h5-9,12-13,15,18-19,21,31H,10-11H2,1-4H3,(H,28,32)(H,34,35)/t15-,18+,19-,21?/m0/s1. The van der Waals surface area contributed by atoms with E-state index < -0.39 is 24.0 Å². The Kier molecular flexibility index (Phi) is 7.74. The molecule has 0 bridgehead atoms. The third-order valence-corrected chi connectivity index (χ3v) is 7.43. The number of aromatic carboxylic acids is 1. The topological polar surface area (TPSA) is 146 Å². The van der Waals surface area contributed by atoms with Gasteiger partial charge in [-0.25, -0.2) is 9.78 Å². The minimum atomic E-state index is -1.09. The summed E-state index contributed by atoms with van der Waals surface area (Å²) in [7, 11) is 0. The van der Waals surface area contributed by atoms with E-state index in [1.165, 1.54) is 21.7 Å². The summed E-state index contributed by atoms with van der Waals surface area (Å²) >= 11 is 1.25. The second-order valence-corrected chi connectivity index (χ2v) is 10.5. The van der Waals surface area contributed by atoms with E-state index in [-0.39, 0.29) is 42.4 Å². The number of carboxylic acids is 1. The zero-order chi connectivity index (χ0) is 26.9. The number of aliphatic hydroxyl groups excluding tert-OH is 1. The van der Waals surface area contributed by atoms with E-state index in [0.717, 1.165) is 11.1 Å². The van der Waals surface area contributed by atoms with Crippen molar-refractivity contribution < 1.29 is 29.1 Å². The molecule has 0 saturated carbocycles. The zero-order valence-electron chi connectivity index (χ0n) is 21.0. The summed E-state index contributed by atoms with van der Waals surface area (Å²) in [5.74, 6) is -1.99. The number of β-amino-alcohol motifs (C(OH)–C–C–N with tert-alkyl or cyclic N) is 1. The molecule has 3 N–H and O–H groups in total. The quantitative estimate of drug-likeness (QED) is 0.405. The highest BCUT2D eigenvalue weighted by atomic mass is 32.1. The van der Waals surface area contributed by atoms with Crippen LogP contribution < -0.4 is 5.32 Å². The Hall–Kier alpha value is -3.57. The summed E-state index contributed by atoms with van der Waals surface area (Å²) in [4.78, 5) is 44.1. The van der Waals surface area contributed by atoms with Crippen molar-refractivity contribution in [1.82, 2.24) is 20.4 Å². The maximum Gasteiger partial charge on any atom is 0.356 e. The Labute approximate surface area is 218 Å². The van der Waals surface area contributed by atoms with Crippen molar-refractivity contribution in [3.63, 3.8) is 0 Å². The highest BCUT2D eigenvalue weighted by molar-refractivity contribution is 7.13. The van der Waals surface area contributed by atoms with Gasteiger partial charge >= 0.3 is 5.97 Å². The number of amides is 2.